The summed E-state index contributed by atoms with van der Waals surface area (Å²) in [6, 6.07) is 14.7. The molecule has 0 aliphatic heterocycles. The lowest BCUT2D eigenvalue weighted by atomic mass is 9.87. The van der Waals surface area contributed by atoms with Gasteiger partial charge in [0, 0.05) is 12.6 Å². The Labute approximate surface area is 180 Å². The van der Waals surface area contributed by atoms with Crippen LogP contribution in [0.3, 0.4) is 0 Å². The summed E-state index contributed by atoms with van der Waals surface area (Å²) in [5.41, 5.74) is 2.54. The van der Waals surface area contributed by atoms with Crippen molar-refractivity contribution in [3.63, 3.8) is 0 Å². The number of rotatable bonds is 9. The molecule has 2 aromatic carbocycles. The molecular formula is C23H32N2O4S. The Kier molecular flexibility index (Phi) is 8.03. The molecule has 7 heteroatoms. The van der Waals surface area contributed by atoms with E-state index in [2.05, 4.69) is 30.8 Å². The van der Waals surface area contributed by atoms with E-state index in [4.69, 9.17) is 4.74 Å². The highest BCUT2D eigenvalue weighted by Crippen LogP contribution is 2.25. The van der Waals surface area contributed by atoms with Crippen molar-refractivity contribution < 1.29 is 17.9 Å². The minimum Gasteiger partial charge on any atom is -0.484 e. The molecule has 2 aromatic rings. The third-order valence-electron chi connectivity index (χ3n) is 4.43. The van der Waals surface area contributed by atoms with Crippen molar-refractivity contribution in [1.82, 2.24) is 10.0 Å². The Hall–Kier alpha value is -2.38. The highest BCUT2D eigenvalue weighted by atomic mass is 32.2. The standard InChI is InChI=1S/C23H32N2O4S/c1-17(2)25-30(27,28)16-19-10-7-6-9-18(19)14-24-22(26)15-29-21-12-8-11-20(13-21)23(3,4)5/h6-13,17,25H,14-16H2,1-5H3,(H,24,26). The van der Waals surface area contributed by atoms with Crippen molar-refractivity contribution in [2.24, 2.45) is 0 Å². The molecule has 6 nitrogen and oxygen atoms in total. The van der Waals surface area contributed by atoms with Gasteiger partial charge in [-0.15, -0.1) is 0 Å². The van der Waals surface area contributed by atoms with Crippen molar-refractivity contribution in [1.29, 1.82) is 0 Å². The van der Waals surface area contributed by atoms with E-state index in [0.717, 1.165) is 11.1 Å². The zero-order valence-electron chi connectivity index (χ0n) is 18.4. The van der Waals surface area contributed by atoms with Gasteiger partial charge in [0.1, 0.15) is 5.75 Å². The van der Waals surface area contributed by atoms with Crippen LogP contribution in [0.5, 0.6) is 5.75 Å². The first-order chi connectivity index (χ1) is 14.0. The molecule has 0 aliphatic rings. The number of carbonyl (C=O) groups excluding carboxylic acids is 1. The van der Waals surface area contributed by atoms with Gasteiger partial charge < -0.3 is 10.1 Å². The van der Waals surface area contributed by atoms with Gasteiger partial charge in [0.05, 0.1) is 5.75 Å². The highest BCUT2D eigenvalue weighted by Gasteiger charge is 2.16. The van der Waals surface area contributed by atoms with Gasteiger partial charge in [0.15, 0.2) is 6.61 Å². The molecule has 164 valence electrons. The molecule has 2 N–H and O–H groups in total. The average molecular weight is 433 g/mol. The van der Waals surface area contributed by atoms with Gasteiger partial charge in [-0.05, 0) is 48.1 Å². The molecule has 30 heavy (non-hydrogen) atoms. The normalized spacial score (nSPS) is 12.1. The van der Waals surface area contributed by atoms with Gasteiger partial charge in [-0.3, -0.25) is 4.79 Å². The van der Waals surface area contributed by atoms with E-state index < -0.39 is 10.0 Å². The van der Waals surface area contributed by atoms with Gasteiger partial charge in [-0.1, -0.05) is 57.2 Å². The third kappa shape index (κ3) is 7.80. The van der Waals surface area contributed by atoms with E-state index in [1.54, 1.807) is 26.0 Å². The van der Waals surface area contributed by atoms with Crippen LogP contribution in [0.4, 0.5) is 0 Å². The van der Waals surface area contributed by atoms with Crippen LogP contribution in [0, 0.1) is 0 Å². The number of nitrogens with one attached hydrogen (secondary N) is 2. The number of hydrogen-bond acceptors (Lipinski definition) is 4. The summed E-state index contributed by atoms with van der Waals surface area (Å²) in [7, 11) is -3.44. The molecule has 0 aliphatic carbocycles. The second kappa shape index (κ2) is 10.1. The Morgan fingerprint density at radius 1 is 1.03 bits per heavy atom. The Morgan fingerprint density at radius 2 is 1.70 bits per heavy atom. The highest BCUT2D eigenvalue weighted by molar-refractivity contribution is 7.88. The molecule has 0 bridgehead atoms. The molecule has 0 saturated heterocycles. The maximum Gasteiger partial charge on any atom is 0.258 e. The zero-order valence-corrected chi connectivity index (χ0v) is 19.2. The van der Waals surface area contributed by atoms with E-state index in [1.807, 2.05) is 36.4 Å². The Morgan fingerprint density at radius 3 is 2.33 bits per heavy atom. The second-order valence-corrected chi connectivity index (χ2v) is 10.4. The summed E-state index contributed by atoms with van der Waals surface area (Å²) in [6.45, 7) is 10.0. The van der Waals surface area contributed by atoms with Crippen molar-refractivity contribution in [3.05, 3.63) is 65.2 Å². The van der Waals surface area contributed by atoms with E-state index >= 15 is 0 Å². The molecule has 0 aromatic heterocycles. The molecule has 0 radical (unpaired) electrons. The molecule has 0 saturated carbocycles. The lowest BCUT2D eigenvalue weighted by Crippen LogP contribution is -2.32. The van der Waals surface area contributed by atoms with E-state index in [-0.39, 0.29) is 36.3 Å². The summed E-state index contributed by atoms with van der Waals surface area (Å²) in [5, 5.41) is 2.80. The predicted molar refractivity (Wildman–Crippen MR) is 120 cm³/mol. The fourth-order valence-corrected chi connectivity index (χ4v) is 4.42. The topological polar surface area (TPSA) is 84.5 Å². The minimum atomic E-state index is -3.44. The van der Waals surface area contributed by atoms with Gasteiger partial charge in [-0.25, -0.2) is 13.1 Å². The largest absolute Gasteiger partial charge is 0.484 e. The molecule has 0 spiro atoms. The summed E-state index contributed by atoms with van der Waals surface area (Å²) in [5.74, 6) is 0.241. The van der Waals surface area contributed by atoms with Gasteiger partial charge >= 0.3 is 0 Å². The van der Waals surface area contributed by atoms with Crippen molar-refractivity contribution in [3.8, 4) is 5.75 Å². The van der Waals surface area contributed by atoms with Crippen LogP contribution < -0.4 is 14.8 Å². The molecule has 0 heterocycles. The fraction of sp³-hybridized carbons (Fsp3) is 0.435. The Balaban J connectivity index is 1.94. The molecule has 2 rings (SSSR count). The van der Waals surface area contributed by atoms with Crippen LogP contribution in [0.2, 0.25) is 0 Å². The van der Waals surface area contributed by atoms with Gasteiger partial charge in [0.25, 0.3) is 5.91 Å². The van der Waals surface area contributed by atoms with Crippen LogP contribution in [0.1, 0.15) is 51.3 Å². The average Bonchev–Trinajstić information content (AvgIpc) is 2.64. The predicted octanol–water partition coefficient (Wildman–Crippen LogP) is 3.51. The fourth-order valence-electron chi connectivity index (χ4n) is 2.92. The molecular weight excluding hydrogens is 400 g/mol. The maximum absolute atomic E-state index is 12.2. The first-order valence-electron chi connectivity index (χ1n) is 10.0. The van der Waals surface area contributed by atoms with Crippen LogP contribution in [-0.2, 0) is 32.5 Å². The first-order valence-corrected chi connectivity index (χ1v) is 11.7. The van der Waals surface area contributed by atoms with Crippen LogP contribution in [0.25, 0.3) is 0 Å². The lowest BCUT2D eigenvalue weighted by Gasteiger charge is -2.19. The zero-order chi connectivity index (χ0) is 22.4. The lowest BCUT2D eigenvalue weighted by molar-refractivity contribution is -0.123. The van der Waals surface area contributed by atoms with Crippen molar-refractivity contribution in [2.75, 3.05) is 6.61 Å². The number of sulfonamides is 1. The Bertz CT molecular complexity index is 963. The minimum absolute atomic E-state index is 0.00387. The van der Waals surface area contributed by atoms with Crippen molar-refractivity contribution >= 4 is 15.9 Å². The SMILES string of the molecule is CC(C)NS(=O)(=O)Cc1ccccc1CNC(=O)COc1cccc(C(C)(C)C)c1. The smallest absolute Gasteiger partial charge is 0.258 e. The summed E-state index contributed by atoms with van der Waals surface area (Å²) >= 11 is 0. The monoisotopic (exact) mass is 432 g/mol. The molecule has 0 atom stereocenters. The van der Waals surface area contributed by atoms with Crippen LogP contribution in [0.15, 0.2) is 48.5 Å². The summed E-state index contributed by atoms with van der Waals surface area (Å²) in [4.78, 5) is 12.2. The second-order valence-electron chi connectivity index (χ2n) is 8.64. The van der Waals surface area contributed by atoms with E-state index in [1.165, 1.54) is 0 Å². The van der Waals surface area contributed by atoms with E-state index in [9.17, 15) is 13.2 Å². The third-order valence-corrected chi connectivity index (χ3v) is 5.95. The number of carbonyl (C=O) groups is 1. The summed E-state index contributed by atoms with van der Waals surface area (Å²) < 4.78 is 32.7. The van der Waals surface area contributed by atoms with Crippen LogP contribution >= 0.6 is 0 Å². The molecule has 1 amide bonds. The number of ether oxygens (including phenoxy) is 1. The van der Waals surface area contributed by atoms with Crippen molar-refractivity contribution in [2.45, 2.75) is 58.4 Å². The number of amides is 1. The van der Waals surface area contributed by atoms with Crippen LogP contribution in [-0.4, -0.2) is 27.0 Å². The van der Waals surface area contributed by atoms with Gasteiger partial charge in [-0.2, -0.15) is 0 Å². The molecule has 0 fully saturated rings. The van der Waals surface area contributed by atoms with E-state index in [0.29, 0.717) is 11.3 Å². The van der Waals surface area contributed by atoms with Gasteiger partial charge in [0.2, 0.25) is 10.0 Å². The maximum atomic E-state index is 12.2. The molecule has 0 unspecified atom stereocenters. The number of hydrogen-bond donors (Lipinski definition) is 2. The quantitative estimate of drug-likeness (QED) is 0.635. The number of benzene rings is 2. The first kappa shape index (κ1) is 23.9. The summed E-state index contributed by atoms with van der Waals surface area (Å²) in [6.07, 6.45) is 0.